The van der Waals surface area contributed by atoms with E-state index in [1.165, 1.54) is 11.9 Å². The summed E-state index contributed by atoms with van der Waals surface area (Å²) in [4.78, 5) is 13.1. The van der Waals surface area contributed by atoms with Crippen molar-refractivity contribution in [1.29, 1.82) is 0 Å². The number of hydrogen-bond donors (Lipinski definition) is 0. The fourth-order valence-electron chi connectivity index (χ4n) is 2.16. The predicted molar refractivity (Wildman–Crippen MR) is 75.5 cm³/mol. The van der Waals surface area contributed by atoms with Crippen molar-refractivity contribution >= 4 is 17.7 Å². The van der Waals surface area contributed by atoms with E-state index in [0.29, 0.717) is 0 Å². The highest BCUT2D eigenvalue weighted by Gasteiger charge is 2.27. The summed E-state index contributed by atoms with van der Waals surface area (Å²) in [6.45, 7) is 4.11. The van der Waals surface area contributed by atoms with Crippen molar-refractivity contribution in [2.24, 2.45) is 0 Å². The topological polar surface area (TPSA) is 32.8 Å². The summed E-state index contributed by atoms with van der Waals surface area (Å²) in [5.41, 5.74) is 0.755. The number of morpholine rings is 1. The minimum Gasteiger partial charge on any atom is -0.379 e. The van der Waals surface area contributed by atoms with E-state index in [4.69, 9.17) is 4.74 Å². The molecule has 0 N–H and O–H groups in total. The van der Waals surface area contributed by atoms with Crippen LogP contribution < -0.4 is 0 Å². The van der Waals surface area contributed by atoms with Crippen LogP contribution in [0.25, 0.3) is 0 Å². The number of carbonyl (C=O) groups is 1. The fourth-order valence-corrected chi connectivity index (χ4v) is 3.17. The van der Waals surface area contributed by atoms with Gasteiger partial charge in [0.15, 0.2) is 5.78 Å². The number of rotatable bonds is 3. The molecule has 0 spiro atoms. The second kappa shape index (κ2) is 5.88. The van der Waals surface area contributed by atoms with Gasteiger partial charge in [-0.25, -0.2) is 5.01 Å². The monoisotopic (exact) mass is 276 g/mol. The zero-order valence-electron chi connectivity index (χ0n) is 10.6. The van der Waals surface area contributed by atoms with Crippen LogP contribution in [-0.4, -0.2) is 48.1 Å². The van der Waals surface area contributed by atoms with Crippen molar-refractivity contribution < 1.29 is 9.53 Å². The van der Waals surface area contributed by atoms with Gasteiger partial charge in [-0.05, 0) is 18.0 Å². The summed E-state index contributed by atoms with van der Waals surface area (Å²) in [5.74, 6) is 0.112. The highest BCUT2D eigenvalue weighted by atomic mass is 32.2. The smallest absolute Gasteiger partial charge is 0.200 e. The average molecular weight is 276 g/mol. The van der Waals surface area contributed by atoms with Crippen molar-refractivity contribution in [3.63, 3.8) is 0 Å². The van der Waals surface area contributed by atoms with Gasteiger partial charge in [-0.3, -0.25) is 4.79 Å². The fraction of sp³-hybridized carbons (Fsp3) is 0.357. The molecule has 1 aromatic rings. The Bertz CT molecular complexity index is 483. The molecule has 19 heavy (non-hydrogen) atoms. The van der Waals surface area contributed by atoms with Crippen molar-refractivity contribution in [3.05, 3.63) is 46.9 Å². The highest BCUT2D eigenvalue weighted by molar-refractivity contribution is 8.02. The third kappa shape index (κ3) is 2.90. The molecular weight excluding hydrogens is 260 g/mol. The Morgan fingerprint density at radius 3 is 2.63 bits per heavy atom. The maximum absolute atomic E-state index is 12.3. The third-order valence-corrected chi connectivity index (χ3v) is 4.34. The molecule has 0 amide bonds. The average Bonchev–Trinajstić information content (AvgIpc) is 2.98. The molecule has 0 unspecified atom stereocenters. The van der Waals surface area contributed by atoms with Crippen LogP contribution in [-0.2, 0) is 4.74 Å². The minimum atomic E-state index is 0.112. The van der Waals surface area contributed by atoms with Gasteiger partial charge < -0.3 is 4.74 Å². The van der Waals surface area contributed by atoms with Crippen molar-refractivity contribution in [3.8, 4) is 0 Å². The van der Waals surface area contributed by atoms with Crippen molar-refractivity contribution in [2.45, 2.75) is 0 Å². The van der Waals surface area contributed by atoms with Gasteiger partial charge in [-0.15, -0.1) is 0 Å². The third-order valence-electron chi connectivity index (χ3n) is 3.20. The van der Waals surface area contributed by atoms with Crippen LogP contribution in [0.15, 0.2) is 41.3 Å². The minimum absolute atomic E-state index is 0.112. The molecule has 1 saturated heterocycles. The maximum atomic E-state index is 12.3. The molecule has 0 bridgehead atoms. The lowest BCUT2D eigenvalue weighted by Crippen LogP contribution is -2.44. The van der Waals surface area contributed by atoms with Gasteiger partial charge in [0.05, 0.1) is 18.1 Å². The lowest BCUT2D eigenvalue weighted by atomic mass is 10.1. The Morgan fingerprint density at radius 1 is 1.16 bits per heavy atom. The summed E-state index contributed by atoms with van der Waals surface area (Å²) in [7, 11) is 0. The van der Waals surface area contributed by atoms with E-state index < -0.39 is 0 Å². The van der Waals surface area contributed by atoms with Gasteiger partial charge >= 0.3 is 0 Å². The number of nitrogens with zero attached hydrogens (tertiary/aromatic N) is 2. The van der Waals surface area contributed by atoms with Crippen LogP contribution in [0, 0.1) is 0 Å². The molecule has 1 fully saturated rings. The Labute approximate surface area is 117 Å². The van der Waals surface area contributed by atoms with Gasteiger partial charge in [-0.2, -0.15) is 4.41 Å². The van der Waals surface area contributed by atoms with Gasteiger partial charge in [0, 0.05) is 25.2 Å². The number of allylic oxidation sites excluding steroid dienone is 1. The second-order valence-corrected chi connectivity index (χ2v) is 5.50. The molecule has 100 valence electrons. The first kappa shape index (κ1) is 12.9. The Hall–Kier alpha value is -1.14. The molecule has 3 rings (SSSR count). The predicted octanol–water partition coefficient (Wildman–Crippen LogP) is 1.96. The van der Waals surface area contributed by atoms with E-state index in [2.05, 4.69) is 9.42 Å². The lowest BCUT2D eigenvalue weighted by molar-refractivity contribution is -0.0308. The van der Waals surface area contributed by atoms with Gasteiger partial charge in [0.25, 0.3) is 0 Å². The van der Waals surface area contributed by atoms with Crippen molar-refractivity contribution in [2.75, 3.05) is 32.8 Å². The molecule has 1 aromatic carbocycles. The molecule has 2 heterocycles. The number of Topliss-reactive ketones (excluding diaryl/α,β-unsaturated/α-hetero) is 1. The molecule has 0 radical (unpaired) electrons. The first-order valence-electron chi connectivity index (χ1n) is 6.42. The summed E-state index contributed by atoms with van der Waals surface area (Å²) in [5, 5.41) is 2.25. The van der Waals surface area contributed by atoms with E-state index in [1.807, 2.05) is 36.4 Å². The number of benzene rings is 1. The highest BCUT2D eigenvalue weighted by Crippen LogP contribution is 2.31. The van der Waals surface area contributed by atoms with Gasteiger partial charge in [0.2, 0.25) is 0 Å². The summed E-state index contributed by atoms with van der Waals surface area (Å²) >= 11 is 1.54. The first-order chi connectivity index (χ1) is 9.34. The van der Waals surface area contributed by atoms with E-state index >= 15 is 0 Å². The SMILES string of the molecule is O=C(C1=CCN(N2CCOCC2)S1)c1ccccc1. The summed E-state index contributed by atoms with van der Waals surface area (Å²) in [6.07, 6.45) is 2.01. The van der Waals surface area contributed by atoms with Gasteiger partial charge in [-0.1, -0.05) is 30.3 Å². The maximum Gasteiger partial charge on any atom is 0.200 e. The normalized spacial score (nSPS) is 21.4. The summed E-state index contributed by atoms with van der Waals surface area (Å²) in [6, 6.07) is 9.44. The molecule has 5 heteroatoms. The van der Waals surface area contributed by atoms with Crippen LogP contribution in [0.2, 0.25) is 0 Å². The number of ketones is 1. The van der Waals surface area contributed by atoms with E-state index in [9.17, 15) is 4.79 Å². The standard InChI is InChI=1S/C14H16N2O2S/c17-14(12-4-2-1-3-5-12)13-6-7-16(19-13)15-8-10-18-11-9-15/h1-6H,7-11H2. The molecule has 2 aliphatic heterocycles. The molecule has 0 aliphatic carbocycles. The second-order valence-electron chi connectivity index (χ2n) is 4.46. The van der Waals surface area contributed by atoms with E-state index in [0.717, 1.165) is 43.3 Å². The molecule has 4 nitrogen and oxygen atoms in total. The van der Waals surface area contributed by atoms with Crippen LogP contribution in [0.5, 0.6) is 0 Å². The Kier molecular flexibility index (Phi) is 3.98. The number of carbonyl (C=O) groups excluding carboxylic acids is 1. The molecule has 0 saturated carbocycles. The van der Waals surface area contributed by atoms with Crippen LogP contribution in [0.3, 0.4) is 0 Å². The van der Waals surface area contributed by atoms with Crippen molar-refractivity contribution in [1.82, 2.24) is 9.42 Å². The number of ether oxygens (including phenoxy) is 1. The first-order valence-corrected chi connectivity index (χ1v) is 7.20. The van der Waals surface area contributed by atoms with Crippen LogP contribution >= 0.6 is 11.9 Å². The lowest BCUT2D eigenvalue weighted by Gasteiger charge is -2.33. The van der Waals surface area contributed by atoms with E-state index in [-0.39, 0.29) is 5.78 Å². The van der Waals surface area contributed by atoms with Crippen LogP contribution in [0.1, 0.15) is 10.4 Å². The number of hydrogen-bond acceptors (Lipinski definition) is 5. The Morgan fingerprint density at radius 2 is 1.89 bits per heavy atom. The zero-order chi connectivity index (χ0) is 13.1. The van der Waals surface area contributed by atoms with E-state index in [1.54, 1.807) is 0 Å². The number of hydrazine groups is 1. The van der Waals surface area contributed by atoms with Gasteiger partial charge in [0.1, 0.15) is 0 Å². The quantitative estimate of drug-likeness (QED) is 0.622. The molecule has 0 aromatic heterocycles. The Balaban J connectivity index is 1.63. The molecule has 0 atom stereocenters. The zero-order valence-corrected chi connectivity index (χ0v) is 11.4. The van der Waals surface area contributed by atoms with Crippen LogP contribution in [0.4, 0.5) is 0 Å². The molecule has 2 aliphatic rings. The summed E-state index contributed by atoms with van der Waals surface area (Å²) < 4.78 is 7.49. The largest absolute Gasteiger partial charge is 0.379 e. The molecular formula is C14H16N2O2S.